The van der Waals surface area contributed by atoms with Gasteiger partial charge in [0.1, 0.15) is 5.78 Å². The van der Waals surface area contributed by atoms with Crippen LogP contribution in [0.4, 0.5) is 0 Å². The third-order valence-corrected chi connectivity index (χ3v) is 0.571. The molecule has 0 heterocycles. The van der Waals surface area contributed by atoms with E-state index < -0.39 is 5.91 Å². The van der Waals surface area contributed by atoms with Gasteiger partial charge in [-0.25, -0.2) is 4.79 Å². The van der Waals surface area contributed by atoms with Crippen molar-refractivity contribution in [2.24, 2.45) is 4.99 Å². The number of amides is 1. The van der Waals surface area contributed by atoms with E-state index in [0.29, 0.717) is 0 Å². The molecule has 0 radical (unpaired) electrons. The molecule has 0 aliphatic rings. The summed E-state index contributed by atoms with van der Waals surface area (Å²) in [5.41, 5.74) is 0. The summed E-state index contributed by atoms with van der Waals surface area (Å²) in [5.74, 6) is -1.04. The normalized spacial score (nSPS) is 7.67. The topological polar surface area (TPSA) is 63.6 Å². The molecule has 4 heteroatoms. The SMILES string of the molecule is CC(=O)CC(=O)N=C=O. The molecule has 0 rings (SSSR count). The largest absolute Gasteiger partial charge is 0.299 e. The summed E-state index contributed by atoms with van der Waals surface area (Å²) in [7, 11) is 0. The molecule has 9 heavy (non-hydrogen) atoms. The molecule has 48 valence electrons. The monoisotopic (exact) mass is 127 g/mol. The van der Waals surface area contributed by atoms with Crippen molar-refractivity contribution in [3.05, 3.63) is 0 Å². The Kier molecular flexibility index (Phi) is 3.16. The second-order valence-electron chi connectivity index (χ2n) is 1.48. The number of carbonyl (C=O) groups excluding carboxylic acids is 3. The molecule has 0 saturated heterocycles. The summed E-state index contributed by atoms with van der Waals surface area (Å²) in [6.07, 6.45) is 0.736. The molecule has 0 aromatic heterocycles. The highest BCUT2D eigenvalue weighted by molar-refractivity contribution is 5.98. The Morgan fingerprint density at radius 2 is 2.11 bits per heavy atom. The first-order chi connectivity index (χ1) is 4.16. The average molecular weight is 127 g/mol. The number of hydrogen-bond acceptors (Lipinski definition) is 3. The van der Waals surface area contributed by atoms with Crippen LogP contribution in [0.25, 0.3) is 0 Å². The molecule has 1 amide bonds. The highest BCUT2D eigenvalue weighted by Gasteiger charge is 2.00. The Morgan fingerprint density at radius 1 is 1.56 bits per heavy atom. The summed E-state index contributed by atoms with van der Waals surface area (Å²) in [5, 5.41) is 0. The van der Waals surface area contributed by atoms with Gasteiger partial charge in [-0.15, -0.1) is 4.99 Å². The smallest absolute Gasteiger partial charge is 0.263 e. The van der Waals surface area contributed by atoms with Gasteiger partial charge in [-0.1, -0.05) is 0 Å². The summed E-state index contributed by atoms with van der Waals surface area (Å²) >= 11 is 0. The van der Waals surface area contributed by atoms with Gasteiger partial charge in [0, 0.05) is 0 Å². The molecule has 0 aliphatic carbocycles. The molecule has 0 saturated carbocycles. The molecule has 0 fully saturated rings. The molecule has 0 atom stereocenters. The quantitative estimate of drug-likeness (QED) is 0.294. The Labute approximate surface area is 51.6 Å². The van der Waals surface area contributed by atoms with E-state index in [1.807, 2.05) is 0 Å². The maximum atomic E-state index is 10.2. The lowest BCUT2D eigenvalue weighted by Crippen LogP contribution is -1.99. The van der Waals surface area contributed by atoms with E-state index in [0.717, 1.165) is 6.08 Å². The van der Waals surface area contributed by atoms with E-state index in [-0.39, 0.29) is 12.2 Å². The third-order valence-electron chi connectivity index (χ3n) is 0.571. The van der Waals surface area contributed by atoms with Crippen molar-refractivity contribution in [1.82, 2.24) is 0 Å². The van der Waals surface area contributed by atoms with Crippen LogP contribution < -0.4 is 0 Å². The number of rotatable bonds is 2. The van der Waals surface area contributed by atoms with Crippen LogP contribution in [0.15, 0.2) is 4.99 Å². The first kappa shape index (κ1) is 7.72. The van der Waals surface area contributed by atoms with Crippen molar-refractivity contribution in [3.8, 4) is 0 Å². The third kappa shape index (κ3) is 4.58. The Bertz CT molecular complexity index is 179. The molecule has 0 aromatic carbocycles. The fourth-order valence-corrected chi connectivity index (χ4v) is 0.303. The molecule has 4 nitrogen and oxygen atoms in total. The van der Waals surface area contributed by atoms with Gasteiger partial charge in [-0.2, -0.15) is 0 Å². The number of nitrogens with zero attached hydrogens (tertiary/aromatic N) is 1. The van der Waals surface area contributed by atoms with Gasteiger partial charge in [0.05, 0.1) is 6.42 Å². The first-order valence-corrected chi connectivity index (χ1v) is 2.27. The van der Waals surface area contributed by atoms with Gasteiger partial charge in [0.15, 0.2) is 0 Å². The highest BCUT2D eigenvalue weighted by Crippen LogP contribution is 1.83. The maximum Gasteiger partial charge on any atom is 0.263 e. The van der Waals surface area contributed by atoms with E-state index in [2.05, 4.69) is 4.99 Å². The zero-order valence-corrected chi connectivity index (χ0v) is 4.88. The molecule has 0 aromatic rings. The van der Waals surface area contributed by atoms with Gasteiger partial charge in [-0.05, 0) is 6.92 Å². The minimum absolute atomic E-state index is 0.306. The summed E-state index contributed by atoms with van der Waals surface area (Å²) < 4.78 is 0. The van der Waals surface area contributed by atoms with E-state index >= 15 is 0 Å². The number of aliphatic imine (C=N–C) groups is 1. The number of carbonyl (C=O) groups is 2. The number of ketones is 1. The van der Waals surface area contributed by atoms with E-state index in [1.54, 1.807) is 0 Å². The Balaban J connectivity index is 3.78. The van der Waals surface area contributed by atoms with Crippen molar-refractivity contribution in [2.45, 2.75) is 13.3 Å². The molecule has 0 aliphatic heterocycles. The first-order valence-electron chi connectivity index (χ1n) is 2.27. The standard InChI is InChI=1S/C5H5NO3/c1-4(8)2-5(9)6-3-7/h2H2,1H3. The predicted octanol–water partition coefficient (Wildman–Crippen LogP) is -0.172. The maximum absolute atomic E-state index is 10.2. The average Bonchev–Trinajstić information content (AvgIpc) is 1.63. The molecule has 0 spiro atoms. The fraction of sp³-hybridized carbons (Fsp3) is 0.400. The zero-order valence-electron chi connectivity index (χ0n) is 4.88. The molecule has 0 bridgehead atoms. The number of Topliss-reactive ketones (excluding diaryl/α,β-unsaturated/α-hetero) is 1. The number of hydrogen-bond donors (Lipinski definition) is 0. The van der Waals surface area contributed by atoms with Crippen molar-refractivity contribution in [3.63, 3.8) is 0 Å². The summed E-state index contributed by atoms with van der Waals surface area (Å²) in [6, 6.07) is 0. The fourth-order valence-electron chi connectivity index (χ4n) is 0.303. The van der Waals surface area contributed by atoms with Crippen molar-refractivity contribution < 1.29 is 14.4 Å². The van der Waals surface area contributed by atoms with Crippen LogP contribution in [0.3, 0.4) is 0 Å². The van der Waals surface area contributed by atoms with Crippen LogP contribution in [-0.2, 0) is 14.4 Å². The van der Waals surface area contributed by atoms with Crippen LogP contribution in [0.1, 0.15) is 13.3 Å². The molecule has 0 N–H and O–H groups in total. The molecule has 0 unspecified atom stereocenters. The second-order valence-corrected chi connectivity index (χ2v) is 1.48. The summed E-state index contributed by atoms with van der Waals surface area (Å²) in [4.78, 5) is 32.4. The Hall–Kier alpha value is -1.28. The highest BCUT2D eigenvalue weighted by atomic mass is 16.2. The van der Waals surface area contributed by atoms with Crippen molar-refractivity contribution >= 4 is 17.8 Å². The minimum Gasteiger partial charge on any atom is -0.299 e. The van der Waals surface area contributed by atoms with Gasteiger partial charge in [0.2, 0.25) is 6.08 Å². The lowest BCUT2D eigenvalue weighted by Gasteiger charge is -1.81. The van der Waals surface area contributed by atoms with Gasteiger partial charge < -0.3 is 0 Å². The van der Waals surface area contributed by atoms with Crippen LogP contribution in [0.2, 0.25) is 0 Å². The van der Waals surface area contributed by atoms with E-state index in [9.17, 15) is 14.4 Å². The minimum atomic E-state index is -0.738. The molecular formula is C5H5NO3. The van der Waals surface area contributed by atoms with Crippen LogP contribution >= 0.6 is 0 Å². The van der Waals surface area contributed by atoms with Crippen molar-refractivity contribution in [2.75, 3.05) is 0 Å². The van der Waals surface area contributed by atoms with Gasteiger partial charge >= 0.3 is 0 Å². The van der Waals surface area contributed by atoms with Crippen LogP contribution in [0.5, 0.6) is 0 Å². The van der Waals surface area contributed by atoms with Crippen molar-refractivity contribution in [1.29, 1.82) is 0 Å². The number of isocyanates is 1. The van der Waals surface area contributed by atoms with Gasteiger partial charge in [-0.3, -0.25) is 9.59 Å². The zero-order chi connectivity index (χ0) is 7.28. The van der Waals surface area contributed by atoms with Gasteiger partial charge in [0.25, 0.3) is 5.91 Å². The predicted molar refractivity (Wildman–Crippen MR) is 28.4 cm³/mol. The van der Waals surface area contributed by atoms with Crippen LogP contribution in [-0.4, -0.2) is 17.8 Å². The molecular weight excluding hydrogens is 122 g/mol. The van der Waals surface area contributed by atoms with E-state index in [4.69, 9.17) is 0 Å². The van der Waals surface area contributed by atoms with Crippen LogP contribution in [0, 0.1) is 0 Å². The Morgan fingerprint density at radius 3 is 2.44 bits per heavy atom. The summed E-state index contributed by atoms with van der Waals surface area (Å²) in [6.45, 7) is 1.25. The second kappa shape index (κ2) is 3.69. The lowest BCUT2D eigenvalue weighted by molar-refractivity contribution is -0.125. The van der Waals surface area contributed by atoms with E-state index in [1.165, 1.54) is 6.92 Å². The lowest BCUT2D eigenvalue weighted by atomic mass is 10.3.